The van der Waals surface area contributed by atoms with E-state index in [2.05, 4.69) is 56.3 Å². The van der Waals surface area contributed by atoms with Crippen molar-refractivity contribution in [2.75, 3.05) is 0 Å². The Morgan fingerprint density at radius 1 is 0.765 bits per heavy atom. The van der Waals surface area contributed by atoms with Crippen LogP contribution in [0.5, 0.6) is 0 Å². The number of hydrogen-bond acceptors (Lipinski definition) is 2. The molecule has 3 rings (SSSR count). The average molecular weight is 459 g/mol. The van der Waals surface area contributed by atoms with Crippen molar-refractivity contribution in [3.63, 3.8) is 0 Å². The van der Waals surface area contributed by atoms with Crippen LogP contribution in [-0.2, 0) is 6.42 Å². The van der Waals surface area contributed by atoms with Crippen molar-refractivity contribution >= 4 is 0 Å². The number of unbranched alkanes of at least 4 members (excludes halogenated alkanes) is 8. The molecule has 1 aromatic heterocycles. The Labute approximate surface area is 209 Å². The zero-order chi connectivity index (χ0) is 24.0. The summed E-state index contributed by atoms with van der Waals surface area (Å²) in [5, 5.41) is 9.62. The summed E-state index contributed by atoms with van der Waals surface area (Å²) in [6.07, 6.45) is 21.2. The van der Waals surface area contributed by atoms with Gasteiger partial charge in [0.25, 0.3) is 0 Å². The van der Waals surface area contributed by atoms with E-state index in [0.29, 0.717) is 11.6 Å². The molecule has 1 aromatic carbocycles. The molecule has 1 heterocycles. The van der Waals surface area contributed by atoms with Crippen LogP contribution in [0.4, 0.5) is 0 Å². The lowest BCUT2D eigenvalue weighted by Gasteiger charge is -2.29. The molecule has 0 spiro atoms. The van der Waals surface area contributed by atoms with Crippen molar-refractivity contribution in [3.8, 4) is 17.3 Å². The number of nitriles is 1. The molecule has 0 amide bonds. The van der Waals surface area contributed by atoms with Gasteiger partial charge in [0.1, 0.15) is 11.8 Å². The van der Waals surface area contributed by atoms with Crippen molar-refractivity contribution in [2.45, 2.75) is 122 Å². The van der Waals surface area contributed by atoms with Crippen LogP contribution in [0, 0.1) is 17.2 Å². The first-order valence-electron chi connectivity index (χ1n) is 14.3. The summed E-state index contributed by atoms with van der Waals surface area (Å²) in [6.45, 7) is 4.52. The van der Waals surface area contributed by atoms with Crippen LogP contribution in [0.25, 0.3) is 11.3 Å². The van der Waals surface area contributed by atoms with Crippen LogP contribution in [0.1, 0.15) is 133 Å². The van der Waals surface area contributed by atoms with E-state index in [9.17, 15) is 5.26 Å². The van der Waals surface area contributed by atoms with Gasteiger partial charge in [0.15, 0.2) is 0 Å². The molecular formula is C32H46N2. The van der Waals surface area contributed by atoms with Gasteiger partial charge in [0.05, 0.1) is 5.69 Å². The lowest BCUT2D eigenvalue weighted by Crippen LogP contribution is -2.13. The molecule has 0 unspecified atom stereocenters. The Bertz CT molecular complexity index is 869. The van der Waals surface area contributed by atoms with Crippen molar-refractivity contribution in [3.05, 3.63) is 53.2 Å². The molecule has 1 saturated carbocycles. The first-order valence-corrected chi connectivity index (χ1v) is 14.3. The van der Waals surface area contributed by atoms with Gasteiger partial charge in [-0.2, -0.15) is 5.26 Å². The summed E-state index contributed by atoms with van der Waals surface area (Å²) in [5.74, 6) is 1.67. The Morgan fingerprint density at radius 3 is 2.09 bits per heavy atom. The van der Waals surface area contributed by atoms with E-state index in [1.165, 1.54) is 95.5 Å². The summed E-state index contributed by atoms with van der Waals surface area (Å²) in [4.78, 5) is 4.70. The standard InChI is InChI=1S/C32H46N2/c1-3-5-7-9-10-11-13-26-15-17-27(18-16-26)28-19-21-30(22-20-28)31-24-23-29(32(25-33)34-31)14-12-8-6-4-2/h19-24,26-27H,3-18H2,1-2H3. The van der Waals surface area contributed by atoms with Gasteiger partial charge >= 0.3 is 0 Å². The van der Waals surface area contributed by atoms with Gasteiger partial charge in [0, 0.05) is 5.56 Å². The summed E-state index contributed by atoms with van der Waals surface area (Å²) in [7, 11) is 0. The molecule has 1 aliphatic rings. The van der Waals surface area contributed by atoms with Crippen LogP contribution in [0.15, 0.2) is 36.4 Å². The molecule has 2 nitrogen and oxygen atoms in total. The number of aryl methyl sites for hydroxylation is 1. The maximum atomic E-state index is 9.62. The normalized spacial score (nSPS) is 18.0. The highest BCUT2D eigenvalue weighted by Gasteiger charge is 2.22. The first kappa shape index (κ1) is 26.5. The minimum Gasteiger partial charge on any atom is -0.237 e. The van der Waals surface area contributed by atoms with Crippen LogP contribution >= 0.6 is 0 Å². The fourth-order valence-electron chi connectivity index (χ4n) is 5.61. The molecular weight excluding hydrogens is 412 g/mol. The van der Waals surface area contributed by atoms with Gasteiger partial charge < -0.3 is 0 Å². The summed E-state index contributed by atoms with van der Waals surface area (Å²) in [5.41, 5.74) is 5.21. The molecule has 0 bridgehead atoms. The predicted octanol–water partition coefficient (Wildman–Crippen LogP) is 9.77. The van der Waals surface area contributed by atoms with Crippen LogP contribution < -0.4 is 0 Å². The van der Waals surface area contributed by atoms with E-state index in [1.54, 1.807) is 0 Å². The quantitative estimate of drug-likeness (QED) is 0.264. The van der Waals surface area contributed by atoms with Crippen molar-refractivity contribution < 1.29 is 0 Å². The minimum atomic E-state index is 0.599. The molecule has 2 aromatic rings. The molecule has 1 aliphatic carbocycles. The fourth-order valence-corrected chi connectivity index (χ4v) is 5.61. The van der Waals surface area contributed by atoms with E-state index < -0.39 is 0 Å². The van der Waals surface area contributed by atoms with Crippen LogP contribution in [0.2, 0.25) is 0 Å². The zero-order valence-electron chi connectivity index (χ0n) is 21.8. The highest BCUT2D eigenvalue weighted by atomic mass is 14.7. The maximum absolute atomic E-state index is 9.62. The smallest absolute Gasteiger partial charge is 0.144 e. The van der Waals surface area contributed by atoms with Crippen LogP contribution in [-0.4, -0.2) is 4.98 Å². The number of benzene rings is 1. The molecule has 0 radical (unpaired) electrons. The third kappa shape index (κ3) is 8.26. The third-order valence-corrected chi connectivity index (χ3v) is 7.87. The minimum absolute atomic E-state index is 0.599. The topological polar surface area (TPSA) is 36.7 Å². The lowest BCUT2D eigenvalue weighted by atomic mass is 9.77. The van der Waals surface area contributed by atoms with Gasteiger partial charge in [-0.3, -0.25) is 0 Å². The number of hydrogen-bond donors (Lipinski definition) is 0. The fraction of sp³-hybridized carbons (Fsp3) is 0.625. The SMILES string of the molecule is CCCCCCCCC1CCC(c2ccc(-c3ccc(CCCCCC)c(C#N)n3)cc2)CC1. The monoisotopic (exact) mass is 458 g/mol. The second-order valence-electron chi connectivity index (χ2n) is 10.5. The van der Waals surface area contributed by atoms with E-state index in [1.807, 2.05) is 0 Å². The molecule has 1 fully saturated rings. The predicted molar refractivity (Wildman–Crippen MR) is 145 cm³/mol. The second kappa shape index (κ2) is 15.0. The molecule has 0 N–H and O–H groups in total. The molecule has 0 atom stereocenters. The van der Waals surface area contributed by atoms with Crippen molar-refractivity contribution in [2.24, 2.45) is 5.92 Å². The summed E-state index contributed by atoms with van der Waals surface area (Å²) >= 11 is 0. The van der Waals surface area contributed by atoms with E-state index in [-0.39, 0.29) is 0 Å². The second-order valence-corrected chi connectivity index (χ2v) is 10.5. The lowest BCUT2D eigenvalue weighted by molar-refractivity contribution is 0.302. The summed E-state index contributed by atoms with van der Waals surface area (Å²) in [6, 6.07) is 15.6. The van der Waals surface area contributed by atoms with Gasteiger partial charge in [-0.15, -0.1) is 0 Å². The number of nitrogens with zero attached hydrogens (tertiary/aromatic N) is 2. The van der Waals surface area contributed by atoms with Crippen LogP contribution in [0.3, 0.4) is 0 Å². The number of aromatic nitrogens is 1. The maximum Gasteiger partial charge on any atom is 0.144 e. The number of rotatable bonds is 14. The summed E-state index contributed by atoms with van der Waals surface area (Å²) < 4.78 is 0. The van der Waals surface area contributed by atoms with Gasteiger partial charge in [0.2, 0.25) is 0 Å². The molecule has 34 heavy (non-hydrogen) atoms. The van der Waals surface area contributed by atoms with Gasteiger partial charge in [-0.25, -0.2) is 4.98 Å². The van der Waals surface area contributed by atoms with E-state index in [0.717, 1.165) is 35.6 Å². The van der Waals surface area contributed by atoms with Crippen molar-refractivity contribution in [1.82, 2.24) is 4.98 Å². The Hall–Kier alpha value is -2.14. The van der Waals surface area contributed by atoms with Crippen molar-refractivity contribution in [1.29, 1.82) is 5.26 Å². The van der Waals surface area contributed by atoms with E-state index >= 15 is 0 Å². The molecule has 184 valence electrons. The molecule has 0 aliphatic heterocycles. The highest BCUT2D eigenvalue weighted by molar-refractivity contribution is 5.61. The molecule has 0 saturated heterocycles. The molecule has 2 heteroatoms. The Kier molecular flexibility index (Phi) is 11.7. The Balaban J connectivity index is 1.48. The van der Waals surface area contributed by atoms with E-state index in [4.69, 9.17) is 4.98 Å². The average Bonchev–Trinajstić information content (AvgIpc) is 2.89. The number of pyridine rings is 1. The third-order valence-electron chi connectivity index (χ3n) is 7.87. The Morgan fingerprint density at radius 2 is 1.41 bits per heavy atom. The largest absolute Gasteiger partial charge is 0.237 e. The van der Waals surface area contributed by atoms with Gasteiger partial charge in [-0.1, -0.05) is 108 Å². The first-order chi connectivity index (χ1) is 16.7. The zero-order valence-corrected chi connectivity index (χ0v) is 21.8. The van der Waals surface area contributed by atoms with Gasteiger partial charge in [-0.05, 0) is 67.6 Å². The highest BCUT2D eigenvalue weighted by Crippen LogP contribution is 2.38.